The number of hydrogen-bond donors (Lipinski definition) is 0. The molecule has 0 aliphatic heterocycles. The maximum atomic E-state index is 7.72. The van der Waals surface area contributed by atoms with Gasteiger partial charge in [0, 0.05) is 0 Å². The minimum absolute atomic E-state index is 0. The van der Waals surface area contributed by atoms with E-state index in [0.29, 0.717) is 0 Å². The van der Waals surface area contributed by atoms with E-state index in [1.165, 1.54) is 0 Å². The van der Waals surface area contributed by atoms with E-state index in [-0.39, 0.29) is 56.6 Å². The van der Waals surface area contributed by atoms with Crippen LogP contribution in [0.2, 0.25) is 0 Å². The Morgan fingerprint density at radius 2 is 0.625 bits per heavy atom. The second-order valence-electron chi connectivity index (χ2n) is 0. The maximum absolute atomic E-state index is 7.72. The third-order valence-corrected chi connectivity index (χ3v) is 0. The van der Waals surface area contributed by atoms with Gasteiger partial charge in [0.2, 0.25) is 0 Å². The Hall–Kier alpha value is 2.61. The molecule has 0 spiro atoms. The fourth-order valence-corrected chi connectivity index (χ4v) is 0. The number of rotatable bonds is 0. The van der Waals surface area contributed by atoms with E-state index in [1.807, 2.05) is 0 Å². The van der Waals surface area contributed by atoms with Gasteiger partial charge in [-0.15, -0.1) is 0 Å². The predicted octanol–water partition coefficient (Wildman–Crippen LogP) is -4.88. The summed E-state index contributed by atoms with van der Waals surface area (Å²) in [6, 6.07) is 0. The van der Waals surface area contributed by atoms with Gasteiger partial charge in [0.15, 0.2) is 0 Å². The summed E-state index contributed by atoms with van der Waals surface area (Å²) in [5.41, 5.74) is 0. The van der Waals surface area contributed by atoms with E-state index in [1.54, 1.807) is 0 Å². The van der Waals surface area contributed by atoms with E-state index in [4.69, 9.17) is 14.0 Å². The molecule has 0 saturated heterocycles. The molecular formula is CaCl3LiO3. The van der Waals surface area contributed by atoms with Gasteiger partial charge in [-0.3, -0.25) is 0 Å². The smallest absolute Gasteiger partial charge is 0.769 e. The van der Waals surface area contributed by atoms with Crippen LogP contribution in [-0.2, 0) is 0 Å². The third-order valence-electron chi connectivity index (χ3n) is 0. The quantitative estimate of drug-likeness (QED) is 0.369. The Kier molecular flexibility index (Phi) is 408. The van der Waals surface area contributed by atoms with Crippen molar-refractivity contribution in [3.63, 3.8) is 0 Å². The Labute approximate surface area is 105 Å². The van der Waals surface area contributed by atoms with Crippen LogP contribution in [0.4, 0.5) is 0 Å². The number of hydrogen-bond acceptors (Lipinski definition) is 3. The second kappa shape index (κ2) is 105. The molecule has 0 unspecified atom stereocenters. The Bertz CT molecular complexity index is 14.5. The van der Waals surface area contributed by atoms with Crippen molar-refractivity contribution in [3.8, 4) is 0 Å². The van der Waals surface area contributed by atoms with Gasteiger partial charge in [0.25, 0.3) is 0 Å². The van der Waals surface area contributed by atoms with Gasteiger partial charge in [0.1, 0.15) is 0 Å². The summed E-state index contributed by atoms with van der Waals surface area (Å²) in [7, 11) is 0. The van der Waals surface area contributed by atoms with E-state index in [0.717, 1.165) is 0 Å². The van der Waals surface area contributed by atoms with E-state index >= 15 is 0 Å². The molecule has 0 aliphatic carbocycles. The molecule has 0 atom stereocenters. The maximum Gasteiger partial charge on any atom is 2.00 e. The summed E-state index contributed by atoms with van der Waals surface area (Å²) in [4.78, 5) is 0. The molecule has 0 radical (unpaired) electrons. The first-order valence-corrected chi connectivity index (χ1v) is 1.39. The van der Waals surface area contributed by atoms with Crippen LogP contribution in [0.1, 0.15) is 0 Å². The molecule has 8 heteroatoms. The summed E-state index contributed by atoms with van der Waals surface area (Å²) < 4.78 is 23.2. The van der Waals surface area contributed by atoms with E-state index in [9.17, 15) is 0 Å². The van der Waals surface area contributed by atoms with Gasteiger partial charge < -0.3 is 14.0 Å². The minimum atomic E-state index is 0. The molecule has 0 aromatic heterocycles. The zero-order valence-corrected chi connectivity index (χ0v) is 8.54. The van der Waals surface area contributed by atoms with Crippen LogP contribution < -0.4 is 32.8 Å². The van der Waals surface area contributed by atoms with Crippen molar-refractivity contribution < 1.29 is 32.8 Å². The van der Waals surface area contributed by atoms with Crippen LogP contribution >= 0.6 is 35.6 Å². The van der Waals surface area contributed by atoms with Crippen molar-refractivity contribution in [2.45, 2.75) is 0 Å². The monoisotopic (exact) mass is 200 g/mol. The molecule has 3 nitrogen and oxygen atoms in total. The van der Waals surface area contributed by atoms with Crippen molar-refractivity contribution in [2.75, 3.05) is 0 Å². The van der Waals surface area contributed by atoms with Gasteiger partial charge in [-0.2, -0.15) is 0 Å². The van der Waals surface area contributed by atoms with Crippen molar-refractivity contribution >= 4 is 73.3 Å². The van der Waals surface area contributed by atoms with Crippen LogP contribution in [0.15, 0.2) is 0 Å². The summed E-state index contributed by atoms with van der Waals surface area (Å²) in [6.45, 7) is 0. The van der Waals surface area contributed by atoms with Gasteiger partial charge in [-0.1, -0.05) is 0 Å². The van der Waals surface area contributed by atoms with Gasteiger partial charge in [-0.25, -0.2) is 35.6 Å². The van der Waals surface area contributed by atoms with Crippen molar-refractivity contribution in [3.05, 3.63) is 0 Å². The van der Waals surface area contributed by atoms with Crippen LogP contribution in [0.3, 0.4) is 0 Å². The standard InChI is InChI=1S/Ca.3ClO.Li/c;3*1-2;/q+2;3*-1;+1. The fourth-order valence-electron chi connectivity index (χ4n) is 0. The largest absolute Gasteiger partial charge is 2.00 e. The van der Waals surface area contributed by atoms with Crippen molar-refractivity contribution in [2.24, 2.45) is 0 Å². The molecule has 0 aromatic rings. The van der Waals surface area contributed by atoms with Crippen LogP contribution in [0, 0.1) is 0 Å². The van der Waals surface area contributed by atoms with Crippen LogP contribution in [-0.4, -0.2) is 37.7 Å². The fraction of sp³-hybridized carbons (Fsp3) is 0. The van der Waals surface area contributed by atoms with E-state index < -0.39 is 0 Å². The predicted molar refractivity (Wildman–Crippen MR) is 23.3 cm³/mol. The molecule has 0 saturated carbocycles. The topological polar surface area (TPSA) is 69.2 Å². The average Bonchev–Trinajstić information content (AvgIpc) is 1.81. The molecular weight excluding hydrogens is 201 g/mol. The van der Waals surface area contributed by atoms with Gasteiger partial charge in [-0.05, 0) is 0 Å². The SMILES string of the molecule is [Ca+2].[Li+].[O-]Cl.[O-]Cl.[O-]Cl. The van der Waals surface area contributed by atoms with Crippen LogP contribution in [0.25, 0.3) is 0 Å². The van der Waals surface area contributed by atoms with Crippen LogP contribution in [0.5, 0.6) is 0 Å². The average molecular weight is 201 g/mol. The zero-order chi connectivity index (χ0) is 6.00. The second-order valence-corrected chi connectivity index (χ2v) is 0. The molecule has 0 amide bonds. The zero-order valence-electron chi connectivity index (χ0n) is 4.07. The molecule has 8 heavy (non-hydrogen) atoms. The normalized spacial score (nSPS) is 2.25. The molecule has 0 bridgehead atoms. The number of halogens is 3. The molecule has 0 aliphatic rings. The summed E-state index contributed by atoms with van der Waals surface area (Å²) in [6.07, 6.45) is 0. The summed E-state index contributed by atoms with van der Waals surface area (Å²) in [5.74, 6) is 0. The third kappa shape index (κ3) is 73.3. The Balaban J connectivity index is -0.00000000500. The summed E-state index contributed by atoms with van der Waals surface area (Å²) >= 11 is 10.2. The van der Waals surface area contributed by atoms with Crippen molar-refractivity contribution in [1.29, 1.82) is 0 Å². The first-order chi connectivity index (χ1) is 3.00. The molecule has 0 rings (SSSR count). The van der Waals surface area contributed by atoms with Gasteiger partial charge in [0.05, 0.1) is 0 Å². The molecule has 42 valence electrons. The Morgan fingerprint density at radius 3 is 0.625 bits per heavy atom. The molecule has 0 fully saturated rings. The molecule has 0 aromatic carbocycles. The first-order valence-electron chi connectivity index (χ1n) is 0.463. The minimum Gasteiger partial charge on any atom is -0.769 e. The molecule has 0 heterocycles. The van der Waals surface area contributed by atoms with Gasteiger partial charge >= 0.3 is 56.6 Å². The Morgan fingerprint density at radius 1 is 0.625 bits per heavy atom. The summed E-state index contributed by atoms with van der Waals surface area (Å²) in [5, 5.41) is 0. The van der Waals surface area contributed by atoms with E-state index in [2.05, 4.69) is 35.6 Å². The molecule has 0 N–H and O–H groups in total. The van der Waals surface area contributed by atoms with Crippen molar-refractivity contribution in [1.82, 2.24) is 0 Å². The first kappa shape index (κ1) is 31.1.